The van der Waals surface area contributed by atoms with Crippen LogP contribution in [0.5, 0.6) is 11.5 Å². The zero-order chi connectivity index (χ0) is 23.6. The SMILES string of the molecule is COc1ccc([C@@H]2CC(c3ccc(NS(C)(=O)=O)cc3)=NN2C(=O)c2ccco2)c(OC)c1. The minimum absolute atomic E-state index is 0.171. The van der Waals surface area contributed by atoms with E-state index in [1.54, 1.807) is 62.8 Å². The summed E-state index contributed by atoms with van der Waals surface area (Å²) in [5, 5.41) is 6.00. The van der Waals surface area contributed by atoms with Crippen molar-refractivity contribution >= 4 is 27.3 Å². The van der Waals surface area contributed by atoms with Crippen molar-refractivity contribution in [1.82, 2.24) is 5.01 Å². The molecule has 0 saturated carbocycles. The van der Waals surface area contributed by atoms with Gasteiger partial charge in [-0.3, -0.25) is 9.52 Å². The molecule has 9 nitrogen and oxygen atoms in total. The van der Waals surface area contributed by atoms with Crippen molar-refractivity contribution in [3.05, 3.63) is 77.7 Å². The summed E-state index contributed by atoms with van der Waals surface area (Å²) in [4.78, 5) is 13.2. The second-order valence-corrected chi connectivity index (χ2v) is 9.20. The maximum atomic E-state index is 13.2. The number of carbonyl (C=O) groups excluding carboxylic acids is 1. The minimum Gasteiger partial charge on any atom is -0.497 e. The first-order valence-electron chi connectivity index (χ1n) is 10.0. The molecule has 0 aliphatic carbocycles. The van der Waals surface area contributed by atoms with E-state index in [9.17, 15) is 13.2 Å². The standard InChI is InChI=1S/C23H23N3O6S/c1-30-17-10-11-18(22(13-17)31-2)20-14-19(24-26(20)23(27)21-5-4-12-32-21)15-6-8-16(9-7-15)25-33(3,28)29/h4-13,20,25H,14H2,1-3H3/t20-/m0/s1. The summed E-state index contributed by atoms with van der Waals surface area (Å²) >= 11 is 0. The van der Waals surface area contributed by atoms with E-state index in [2.05, 4.69) is 9.82 Å². The molecule has 0 bridgehead atoms. The Morgan fingerprint density at radius 3 is 2.48 bits per heavy atom. The number of carbonyl (C=O) groups is 1. The number of ether oxygens (including phenoxy) is 2. The van der Waals surface area contributed by atoms with Gasteiger partial charge in [-0.25, -0.2) is 13.4 Å². The molecule has 33 heavy (non-hydrogen) atoms. The van der Waals surface area contributed by atoms with Gasteiger partial charge in [-0.1, -0.05) is 12.1 Å². The van der Waals surface area contributed by atoms with Crippen LogP contribution in [0.15, 0.2) is 70.4 Å². The van der Waals surface area contributed by atoms with E-state index in [-0.39, 0.29) is 11.7 Å². The molecule has 3 aromatic rings. The van der Waals surface area contributed by atoms with Crippen molar-refractivity contribution in [2.45, 2.75) is 12.5 Å². The third kappa shape index (κ3) is 4.85. The second kappa shape index (κ2) is 8.99. The highest BCUT2D eigenvalue weighted by molar-refractivity contribution is 7.92. The van der Waals surface area contributed by atoms with Crippen LogP contribution >= 0.6 is 0 Å². The van der Waals surface area contributed by atoms with Gasteiger partial charge < -0.3 is 13.9 Å². The minimum atomic E-state index is -3.38. The average molecular weight is 470 g/mol. The lowest BCUT2D eigenvalue weighted by molar-refractivity contribution is 0.0677. The summed E-state index contributed by atoms with van der Waals surface area (Å²) in [6, 6.07) is 15.0. The number of sulfonamides is 1. The molecule has 0 unspecified atom stereocenters. The molecule has 1 atom stereocenters. The average Bonchev–Trinajstić information content (AvgIpc) is 3.48. The van der Waals surface area contributed by atoms with Crippen LogP contribution in [-0.2, 0) is 10.0 Å². The van der Waals surface area contributed by atoms with Crippen LogP contribution in [-0.4, -0.2) is 45.5 Å². The molecule has 1 aliphatic heterocycles. The van der Waals surface area contributed by atoms with Crippen molar-refractivity contribution in [1.29, 1.82) is 0 Å². The van der Waals surface area contributed by atoms with Gasteiger partial charge in [-0.05, 0) is 42.0 Å². The quantitative estimate of drug-likeness (QED) is 0.565. The Morgan fingerprint density at radius 1 is 1.12 bits per heavy atom. The van der Waals surface area contributed by atoms with Gasteiger partial charge in [-0.2, -0.15) is 5.10 Å². The number of methoxy groups -OCH3 is 2. The molecule has 10 heteroatoms. The van der Waals surface area contributed by atoms with Crippen LogP contribution < -0.4 is 14.2 Å². The van der Waals surface area contributed by atoms with Gasteiger partial charge in [-0.15, -0.1) is 0 Å². The number of nitrogens with zero attached hydrogens (tertiary/aromatic N) is 2. The van der Waals surface area contributed by atoms with Crippen molar-refractivity contribution in [3.8, 4) is 11.5 Å². The Bertz CT molecular complexity index is 1280. The van der Waals surface area contributed by atoms with Crippen LogP contribution in [0.2, 0.25) is 0 Å². The van der Waals surface area contributed by atoms with Gasteiger partial charge in [0.2, 0.25) is 10.0 Å². The molecule has 1 N–H and O–H groups in total. The van der Waals surface area contributed by atoms with Crippen LogP contribution in [0.4, 0.5) is 5.69 Å². The van der Waals surface area contributed by atoms with Crippen LogP contribution in [0.25, 0.3) is 0 Å². The fraction of sp³-hybridized carbons (Fsp3) is 0.217. The molecule has 0 saturated heterocycles. The summed E-state index contributed by atoms with van der Waals surface area (Å²) in [6.45, 7) is 0. The molecule has 0 spiro atoms. The van der Waals surface area contributed by atoms with Crippen LogP contribution in [0.3, 0.4) is 0 Å². The van der Waals surface area contributed by atoms with Gasteiger partial charge in [0.1, 0.15) is 11.5 Å². The first kappa shape index (κ1) is 22.4. The third-order valence-electron chi connectivity index (χ3n) is 5.17. The van der Waals surface area contributed by atoms with Crippen molar-refractivity contribution in [2.24, 2.45) is 5.10 Å². The molecular formula is C23H23N3O6S. The largest absolute Gasteiger partial charge is 0.497 e. The Kier molecular flexibility index (Phi) is 6.10. The summed E-state index contributed by atoms with van der Waals surface area (Å²) in [7, 11) is -0.254. The Hall–Kier alpha value is -3.79. The molecule has 2 aromatic carbocycles. The number of benzene rings is 2. The highest BCUT2D eigenvalue weighted by atomic mass is 32.2. The van der Waals surface area contributed by atoms with E-state index in [0.717, 1.165) is 17.4 Å². The van der Waals surface area contributed by atoms with Gasteiger partial charge in [0.05, 0.1) is 38.5 Å². The fourth-order valence-electron chi connectivity index (χ4n) is 3.67. The number of rotatable bonds is 7. The summed E-state index contributed by atoms with van der Waals surface area (Å²) in [5.74, 6) is 0.992. The van der Waals surface area contributed by atoms with E-state index < -0.39 is 16.1 Å². The molecule has 0 radical (unpaired) electrons. The molecule has 1 aromatic heterocycles. The smallest absolute Gasteiger partial charge is 0.310 e. The van der Waals surface area contributed by atoms with Gasteiger partial charge >= 0.3 is 5.91 Å². The van der Waals surface area contributed by atoms with E-state index in [4.69, 9.17) is 13.9 Å². The predicted molar refractivity (Wildman–Crippen MR) is 123 cm³/mol. The molecule has 0 fully saturated rings. The predicted octanol–water partition coefficient (Wildman–Crippen LogP) is 3.66. The number of hydrogen-bond donors (Lipinski definition) is 1. The van der Waals surface area contributed by atoms with E-state index >= 15 is 0 Å². The number of hydrogen-bond acceptors (Lipinski definition) is 7. The van der Waals surface area contributed by atoms with Crippen molar-refractivity contribution in [2.75, 3.05) is 25.2 Å². The zero-order valence-electron chi connectivity index (χ0n) is 18.3. The van der Waals surface area contributed by atoms with Crippen molar-refractivity contribution in [3.63, 3.8) is 0 Å². The topological polar surface area (TPSA) is 110 Å². The Labute approximate surface area is 191 Å². The Morgan fingerprint density at radius 2 is 1.88 bits per heavy atom. The first-order chi connectivity index (χ1) is 15.8. The van der Waals surface area contributed by atoms with Gasteiger partial charge in [0.25, 0.3) is 0 Å². The molecule has 4 rings (SSSR count). The maximum Gasteiger partial charge on any atom is 0.310 e. The highest BCUT2D eigenvalue weighted by Crippen LogP contribution is 2.39. The lowest BCUT2D eigenvalue weighted by Crippen LogP contribution is -2.27. The normalized spacial score (nSPS) is 15.8. The number of amides is 1. The van der Waals surface area contributed by atoms with E-state index in [1.807, 2.05) is 6.07 Å². The van der Waals surface area contributed by atoms with Gasteiger partial charge in [0.15, 0.2) is 5.76 Å². The second-order valence-electron chi connectivity index (χ2n) is 7.45. The summed E-state index contributed by atoms with van der Waals surface area (Å²) in [6.07, 6.45) is 2.95. The Balaban J connectivity index is 1.70. The number of anilines is 1. The van der Waals surface area contributed by atoms with E-state index in [0.29, 0.717) is 29.3 Å². The van der Waals surface area contributed by atoms with Crippen molar-refractivity contribution < 1.29 is 27.1 Å². The molecule has 2 heterocycles. The van der Waals surface area contributed by atoms with Crippen LogP contribution in [0.1, 0.15) is 34.1 Å². The van der Waals surface area contributed by atoms with Crippen LogP contribution in [0, 0.1) is 0 Å². The number of nitrogens with one attached hydrogen (secondary N) is 1. The van der Waals surface area contributed by atoms with Gasteiger partial charge in [0, 0.05) is 23.7 Å². The molecular weight excluding hydrogens is 446 g/mol. The van der Waals surface area contributed by atoms with E-state index in [1.165, 1.54) is 11.3 Å². The third-order valence-corrected chi connectivity index (χ3v) is 5.78. The number of hydrazone groups is 1. The summed E-state index contributed by atoms with van der Waals surface area (Å²) < 4.78 is 41.5. The fourth-order valence-corrected chi connectivity index (χ4v) is 4.23. The number of furan rings is 1. The highest BCUT2D eigenvalue weighted by Gasteiger charge is 2.36. The molecule has 1 amide bonds. The molecule has 172 valence electrons. The summed E-state index contributed by atoms with van der Waals surface area (Å²) in [5.41, 5.74) is 2.65. The molecule has 1 aliphatic rings. The maximum absolute atomic E-state index is 13.2. The first-order valence-corrected chi connectivity index (χ1v) is 11.9. The zero-order valence-corrected chi connectivity index (χ0v) is 19.1. The lowest BCUT2D eigenvalue weighted by Gasteiger charge is -2.23. The monoisotopic (exact) mass is 469 g/mol. The lowest BCUT2D eigenvalue weighted by atomic mass is 9.97.